The number of carbonyl (C=O) groups is 1. The predicted octanol–water partition coefficient (Wildman–Crippen LogP) is 3.45. The van der Waals surface area contributed by atoms with E-state index in [-0.39, 0.29) is 5.78 Å². The summed E-state index contributed by atoms with van der Waals surface area (Å²) in [5.41, 5.74) is 5.41. The SMILES string of the molecule is Cc1ccc(CC(=O)c2ccc3c(c2)COC3)cc1. The molecular formula is C17H16O2. The number of hydrogen-bond donors (Lipinski definition) is 0. The van der Waals surface area contributed by atoms with Crippen molar-refractivity contribution in [3.8, 4) is 0 Å². The van der Waals surface area contributed by atoms with Gasteiger partial charge in [-0.2, -0.15) is 0 Å². The second kappa shape index (κ2) is 4.98. The van der Waals surface area contributed by atoms with Crippen LogP contribution in [0.1, 0.15) is 32.6 Å². The number of benzene rings is 2. The van der Waals surface area contributed by atoms with Gasteiger partial charge in [-0.1, -0.05) is 42.0 Å². The Kier molecular flexibility index (Phi) is 3.18. The van der Waals surface area contributed by atoms with Crippen molar-refractivity contribution in [2.75, 3.05) is 0 Å². The first-order valence-corrected chi connectivity index (χ1v) is 6.51. The summed E-state index contributed by atoms with van der Waals surface area (Å²) < 4.78 is 5.37. The second-order valence-corrected chi connectivity index (χ2v) is 5.06. The van der Waals surface area contributed by atoms with Gasteiger partial charge in [-0.3, -0.25) is 4.79 Å². The summed E-state index contributed by atoms with van der Waals surface area (Å²) in [4.78, 5) is 12.3. The van der Waals surface area contributed by atoms with Crippen molar-refractivity contribution < 1.29 is 9.53 Å². The Morgan fingerprint density at radius 2 is 1.79 bits per heavy atom. The van der Waals surface area contributed by atoms with Crippen LogP contribution in [-0.4, -0.2) is 5.78 Å². The van der Waals surface area contributed by atoms with Gasteiger partial charge < -0.3 is 4.74 Å². The molecular weight excluding hydrogens is 236 g/mol. The van der Waals surface area contributed by atoms with Gasteiger partial charge in [0.2, 0.25) is 0 Å². The summed E-state index contributed by atoms with van der Waals surface area (Å²) in [6.07, 6.45) is 0.458. The van der Waals surface area contributed by atoms with Gasteiger partial charge in [0.05, 0.1) is 13.2 Å². The van der Waals surface area contributed by atoms with E-state index < -0.39 is 0 Å². The van der Waals surface area contributed by atoms with Gasteiger partial charge in [-0.15, -0.1) is 0 Å². The average Bonchev–Trinajstić information content (AvgIpc) is 2.88. The highest BCUT2D eigenvalue weighted by Gasteiger charge is 2.14. The van der Waals surface area contributed by atoms with Crippen molar-refractivity contribution in [2.24, 2.45) is 0 Å². The summed E-state index contributed by atoms with van der Waals surface area (Å²) >= 11 is 0. The van der Waals surface area contributed by atoms with Crippen LogP contribution in [0.3, 0.4) is 0 Å². The summed E-state index contributed by atoms with van der Waals surface area (Å²) in [5.74, 6) is 0.165. The standard InChI is InChI=1S/C17H16O2/c1-12-2-4-13(5-3-12)8-17(18)14-6-7-15-10-19-11-16(15)9-14/h2-7,9H,8,10-11H2,1H3. The Morgan fingerprint density at radius 1 is 1.05 bits per heavy atom. The highest BCUT2D eigenvalue weighted by atomic mass is 16.5. The number of rotatable bonds is 3. The van der Waals surface area contributed by atoms with Gasteiger partial charge in [-0.05, 0) is 29.7 Å². The third kappa shape index (κ3) is 2.59. The minimum absolute atomic E-state index is 0.165. The first-order chi connectivity index (χ1) is 9.22. The molecule has 0 aliphatic carbocycles. The van der Waals surface area contributed by atoms with Gasteiger partial charge in [0, 0.05) is 12.0 Å². The molecule has 0 aromatic heterocycles. The van der Waals surface area contributed by atoms with Crippen LogP contribution >= 0.6 is 0 Å². The Hall–Kier alpha value is -1.93. The van der Waals surface area contributed by atoms with Crippen LogP contribution in [0, 0.1) is 6.92 Å². The Bertz CT molecular complexity index is 612. The number of ketones is 1. The highest BCUT2D eigenvalue weighted by Crippen LogP contribution is 2.21. The quantitative estimate of drug-likeness (QED) is 0.782. The van der Waals surface area contributed by atoms with Crippen molar-refractivity contribution in [1.82, 2.24) is 0 Å². The van der Waals surface area contributed by atoms with E-state index in [0.717, 1.165) is 16.7 Å². The fourth-order valence-electron chi connectivity index (χ4n) is 2.34. The molecule has 2 heteroatoms. The molecule has 0 N–H and O–H groups in total. The molecule has 2 nitrogen and oxygen atoms in total. The van der Waals surface area contributed by atoms with Crippen LogP contribution < -0.4 is 0 Å². The van der Waals surface area contributed by atoms with Gasteiger partial charge in [-0.25, -0.2) is 0 Å². The van der Waals surface area contributed by atoms with E-state index in [9.17, 15) is 4.79 Å². The molecule has 96 valence electrons. The Balaban J connectivity index is 1.78. The number of carbonyl (C=O) groups excluding carboxylic acids is 1. The van der Waals surface area contributed by atoms with Crippen molar-refractivity contribution in [3.05, 3.63) is 70.3 Å². The largest absolute Gasteiger partial charge is 0.372 e. The maximum Gasteiger partial charge on any atom is 0.167 e. The molecule has 0 atom stereocenters. The molecule has 3 rings (SSSR count). The first-order valence-electron chi connectivity index (χ1n) is 6.51. The maximum absolute atomic E-state index is 12.3. The molecule has 0 amide bonds. The summed E-state index contributed by atoms with van der Waals surface area (Å²) in [7, 11) is 0. The third-order valence-electron chi connectivity index (χ3n) is 3.53. The molecule has 0 bridgehead atoms. The number of aryl methyl sites for hydroxylation is 1. The molecule has 2 aromatic carbocycles. The molecule has 0 unspecified atom stereocenters. The zero-order valence-electron chi connectivity index (χ0n) is 11.0. The van der Waals surface area contributed by atoms with Crippen LogP contribution in [0.15, 0.2) is 42.5 Å². The van der Waals surface area contributed by atoms with Crippen LogP contribution in [0.2, 0.25) is 0 Å². The molecule has 19 heavy (non-hydrogen) atoms. The number of hydrogen-bond acceptors (Lipinski definition) is 2. The normalized spacial score (nSPS) is 13.3. The van der Waals surface area contributed by atoms with E-state index in [2.05, 4.69) is 0 Å². The highest BCUT2D eigenvalue weighted by molar-refractivity contribution is 5.97. The number of ether oxygens (including phenoxy) is 1. The van der Waals surface area contributed by atoms with E-state index in [0.29, 0.717) is 19.6 Å². The van der Waals surface area contributed by atoms with Gasteiger partial charge in [0.15, 0.2) is 5.78 Å². The summed E-state index contributed by atoms with van der Waals surface area (Å²) in [6.45, 7) is 3.34. The summed E-state index contributed by atoms with van der Waals surface area (Å²) in [6, 6.07) is 14.0. The van der Waals surface area contributed by atoms with Gasteiger partial charge >= 0.3 is 0 Å². The lowest BCUT2D eigenvalue weighted by Gasteiger charge is -2.04. The zero-order valence-corrected chi connectivity index (χ0v) is 11.0. The molecule has 0 radical (unpaired) electrons. The number of fused-ring (bicyclic) bond motifs is 1. The van der Waals surface area contributed by atoms with Crippen molar-refractivity contribution in [2.45, 2.75) is 26.6 Å². The van der Waals surface area contributed by atoms with E-state index in [1.807, 2.05) is 49.4 Å². The molecule has 0 saturated carbocycles. The van der Waals surface area contributed by atoms with E-state index in [4.69, 9.17) is 4.74 Å². The zero-order chi connectivity index (χ0) is 13.2. The minimum Gasteiger partial charge on any atom is -0.372 e. The molecule has 0 fully saturated rings. The topological polar surface area (TPSA) is 26.3 Å². The predicted molar refractivity (Wildman–Crippen MR) is 74.1 cm³/mol. The smallest absolute Gasteiger partial charge is 0.167 e. The molecule has 1 aliphatic heterocycles. The number of Topliss-reactive ketones (excluding diaryl/α,β-unsaturated/α-hetero) is 1. The van der Waals surface area contributed by atoms with Crippen molar-refractivity contribution in [1.29, 1.82) is 0 Å². The third-order valence-corrected chi connectivity index (χ3v) is 3.53. The van der Waals surface area contributed by atoms with E-state index >= 15 is 0 Å². The van der Waals surface area contributed by atoms with Crippen molar-refractivity contribution in [3.63, 3.8) is 0 Å². The summed E-state index contributed by atoms with van der Waals surface area (Å²) in [5, 5.41) is 0. The van der Waals surface area contributed by atoms with E-state index in [1.54, 1.807) is 0 Å². The van der Waals surface area contributed by atoms with Gasteiger partial charge in [0.1, 0.15) is 0 Å². The van der Waals surface area contributed by atoms with Crippen LogP contribution in [-0.2, 0) is 24.4 Å². The second-order valence-electron chi connectivity index (χ2n) is 5.06. The fourth-order valence-corrected chi connectivity index (χ4v) is 2.34. The lowest BCUT2D eigenvalue weighted by atomic mass is 9.99. The van der Waals surface area contributed by atoms with Crippen molar-refractivity contribution >= 4 is 5.78 Å². The maximum atomic E-state index is 12.3. The lowest BCUT2D eigenvalue weighted by Crippen LogP contribution is -2.04. The monoisotopic (exact) mass is 252 g/mol. The van der Waals surface area contributed by atoms with Gasteiger partial charge in [0.25, 0.3) is 0 Å². The fraction of sp³-hybridized carbons (Fsp3) is 0.235. The molecule has 2 aromatic rings. The molecule has 0 spiro atoms. The Morgan fingerprint density at radius 3 is 2.58 bits per heavy atom. The lowest BCUT2D eigenvalue weighted by molar-refractivity contribution is 0.0993. The average molecular weight is 252 g/mol. The van der Waals surface area contributed by atoms with Crippen LogP contribution in [0.5, 0.6) is 0 Å². The first kappa shape index (κ1) is 12.1. The van der Waals surface area contributed by atoms with Crippen LogP contribution in [0.4, 0.5) is 0 Å². The Labute approximate surface area is 113 Å². The van der Waals surface area contributed by atoms with Crippen LogP contribution in [0.25, 0.3) is 0 Å². The minimum atomic E-state index is 0.165. The molecule has 1 heterocycles. The molecule has 1 aliphatic rings. The molecule has 0 saturated heterocycles. The van der Waals surface area contributed by atoms with E-state index in [1.165, 1.54) is 11.1 Å².